The van der Waals surface area contributed by atoms with E-state index in [1.54, 1.807) is 43.3 Å². The molecule has 2 aromatic heterocycles. The lowest BCUT2D eigenvalue weighted by Crippen LogP contribution is -2.14. The standard InChI is InChI=1S/C21H21FN6O3S/c1-12-7-18-16(11-17(12)22)20(27-26-18)24-19-5-6-23-21(25-19)28(2)13-8-14(31-3)10-15(9-13)32(4,29)30/h5-11H,1-4H3,(H2,23,24,25,26,27). The normalized spacial score (nSPS) is 11.5. The molecule has 11 heteroatoms. The van der Waals surface area contributed by atoms with Gasteiger partial charge in [-0.3, -0.25) is 5.10 Å². The molecule has 2 aromatic carbocycles. The van der Waals surface area contributed by atoms with Crippen LogP contribution in [0.5, 0.6) is 5.75 Å². The largest absolute Gasteiger partial charge is 0.497 e. The second-order valence-electron chi connectivity index (χ2n) is 7.28. The number of rotatable bonds is 6. The van der Waals surface area contributed by atoms with Gasteiger partial charge < -0.3 is 15.0 Å². The molecule has 9 nitrogen and oxygen atoms in total. The predicted octanol–water partition coefficient (Wildman–Crippen LogP) is 3.72. The maximum atomic E-state index is 14.0. The first kappa shape index (κ1) is 21.5. The van der Waals surface area contributed by atoms with Gasteiger partial charge in [0, 0.05) is 36.6 Å². The number of nitrogens with zero attached hydrogens (tertiary/aromatic N) is 4. The van der Waals surface area contributed by atoms with E-state index in [2.05, 4.69) is 25.5 Å². The van der Waals surface area contributed by atoms with E-state index in [4.69, 9.17) is 4.74 Å². The minimum Gasteiger partial charge on any atom is -0.497 e. The number of ether oxygens (including phenoxy) is 1. The lowest BCUT2D eigenvalue weighted by Gasteiger charge is -2.19. The molecule has 0 fully saturated rings. The highest BCUT2D eigenvalue weighted by Gasteiger charge is 2.16. The Morgan fingerprint density at radius 2 is 1.97 bits per heavy atom. The number of aromatic nitrogens is 4. The second-order valence-corrected chi connectivity index (χ2v) is 9.30. The van der Waals surface area contributed by atoms with Crippen LogP contribution in [-0.4, -0.2) is 49.0 Å². The summed E-state index contributed by atoms with van der Waals surface area (Å²) in [6.45, 7) is 1.68. The van der Waals surface area contributed by atoms with Crippen molar-refractivity contribution in [3.05, 3.63) is 54.0 Å². The number of aryl methyl sites for hydroxylation is 1. The minimum absolute atomic E-state index is 0.119. The number of nitrogens with one attached hydrogen (secondary N) is 2. The van der Waals surface area contributed by atoms with Crippen molar-refractivity contribution < 1.29 is 17.5 Å². The number of hydrogen-bond acceptors (Lipinski definition) is 8. The Labute approximate surface area is 184 Å². The molecule has 0 spiro atoms. The molecule has 0 saturated carbocycles. The molecule has 0 bridgehead atoms. The summed E-state index contributed by atoms with van der Waals surface area (Å²) in [5, 5.41) is 10.7. The van der Waals surface area contributed by atoms with Crippen LogP contribution in [0.2, 0.25) is 0 Å². The quantitative estimate of drug-likeness (QED) is 0.451. The fourth-order valence-electron chi connectivity index (χ4n) is 3.14. The number of fused-ring (bicyclic) bond motifs is 1. The average Bonchev–Trinajstić information content (AvgIpc) is 3.14. The maximum absolute atomic E-state index is 14.0. The van der Waals surface area contributed by atoms with E-state index in [-0.39, 0.29) is 10.7 Å². The zero-order chi connectivity index (χ0) is 23.0. The Morgan fingerprint density at radius 3 is 2.69 bits per heavy atom. The smallest absolute Gasteiger partial charge is 0.231 e. The Kier molecular flexibility index (Phi) is 5.43. The number of benzene rings is 2. The Balaban J connectivity index is 1.67. The molecule has 2 N–H and O–H groups in total. The number of sulfone groups is 1. The van der Waals surface area contributed by atoms with Gasteiger partial charge in [0.25, 0.3) is 0 Å². The van der Waals surface area contributed by atoms with E-state index in [0.29, 0.717) is 45.5 Å². The third-order valence-electron chi connectivity index (χ3n) is 4.95. The lowest BCUT2D eigenvalue weighted by atomic mass is 10.1. The fraction of sp³-hybridized carbons (Fsp3) is 0.190. The highest BCUT2D eigenvalue weighted by atomic mass is 32.2. The van der Waals surface area contributed by atoms with Gasteiger partial charge in [-0.2, -0.15) is 10.1 Å². The summed E-state index contributed by atoms with van der Waals surface area (Å²) in [7, 11) is -0.272. The van der Waals surface area contributed by atoms with Crippen molar-refractivity contribution >= 4 is 44.0 Å². The van der Waals surface area contributed by atoms with Gasteiger partial charge in [0.2, 0.25) is 5.95 Å². The number of hydrogen-bond donors (Lipinski definition) is 2. The van der Waals surface area contributed by atoms with E-state index in [0.717, 1.165) is 6.26 Å². The monoisotopic (exact) mass is 456 g/mol. The van der Waals surface area contributed by atoms with Crippen molar-refractivity contribution in [3.8, 4) is 5.75 Å². The average molecular weight is 457 g/mol. The van der Waals surface area contributed by atoms with Crippen molar-refractivity contribution in [2.24, 2.45) is 0 Å². The molecule has 4 rings (SSSR count). The SMILES string of the molecule is COc1cc(N(C)c2nccc(Nc3n[nH]c4cc(C)c(F)cc34)n2)cc(S(C)(=O)=O)c1. The van der Waals surface area contributed by atoms with Crippen molar-refractivity contribution in [2.75, 3.05) is 30.6 Å². The van der Waals surface area contributed by atoms with E-state index in [9.17, 15) is 12.8 Å². The molecule has 166 valence electrons. The van der Waals surface area contributed by atoms with Crippen molar-refractivity contribution in [2.45, 2.75) is 11.8 Å². The number of anilines is 4. The highest BCUT2D eigenvalue weighted by molar-refractivity contribution is 7.90. The molecule has 0 aliphatic heterocycles. The van der Waals surface area contributed by atoms with Crippen LogP contribution < -0.4 is 15.0 Å². The topological polar surface area (TPSA) is 113 Å². The van der Waals surface area contributed by atoms with Gasteiger partial charge >= 0.3 is 0 Å². The Hall–Kier alpha value is -3.73. The summed E-state index contributed by atoms with van der Waals surface area (Å²) < 4.78 is 43.4. The molecule has 2 heterocycles. The first-order chi connectivity index (χ1) is 15.2. The Bertz CT molecular complexity index is 1420. The zero-order valence-corrected chi connectivity index (χ0v) is 18.7. The summed E-state index contributed by atoms with van der Waals surface area (Å²) in [4.78, 5) is 10.5. The van der Waals surface area contributed by atoms with Gasteiger partial charge in [0.1, 0.15) is 17.4 Å². The Morgan fingerprint density at radius 1 is 1.19 bits per heavy atom. The van der Waals surface area contributed by atoms with Gasteiger partial charge in [-0.25, -0.2) is 17.8 Å². The summed E-state index contributed by atoms with van der Waals surface area (Å²) in [6.07, 6.45) is 2.68. The van der Waals surface area contributed by atoms with Gasteiger partial charge in [-0.05, 0) is 42.8 Å². The van der Waals surface area contributed by atoms with E-state index < -0.39 is 9.84 Å². The third kappa shape index (κ3) is 4.19. The van der Waals surface area contributed by atoms with Gasteiger partial charge in [0.05, 0.1) is 17.5 Å². The molecule has 0 aliphatic rings. The first-order valence-electron chi connectivity index (χ1n) is 9.53. The number of aromatic amines is 1. The first-order valence-corrected chi connectivity index (χ1v) is 11.4. The van der Waals surface area contributed by atoms with Crippen molar-refractivity contribution in [1.82, 2.24) is 20.2 Å². The predicted molar refractivity (Wildman–Crippen MR) is 120 cm³/mol. The molecule has 0 unspecified atom stereocenters. The molecule has 32 heavy (non-hydrogen) atoms. The van der Waals surface area contributed by atoms with Gasteiger partial charge in [-0.1, -0.05) is 0 Å². The summed E-state index contributed by atoms with van der Waals surface area (Å²) in [5.41, 5.74) is 1.75. The van der Waals surface area contributed by atoms with Crippen LogP contribution in [0.4, 0.5) is 27.7 Å². The lowest BCUT2D eigenvalue weighted by molar-refractivity contribution is 0.413. The highest BCUT2D eigenvalue weighted by Crippen LogP contribution is 2.30. The number of H-pyrrole nitrogens is 1. The van der Waals surface area contributed by atoms with E-state index in [1.165, 1.54) is 25.3 Å². The zero-order valence-electron chi connectivity index (χ0n) is 17.8. The van der Waals surface area contributed by atoms with E-state index >= 15 is 0 Å². The fourth-order valence-corrected chi connectivity index (χ4v) is 3.81. The van der Waals surface area contributed by atoms with E-state index in [1.807, 2.05) is 0 Å². The molecule has 0 aliphatic carbocycles. The minimum atomic E-state index is -3.45. The van der Waals surface area contributed by atoms with Crippen LogP contribution in [0, 0.1) is 12.7 Å². The van der Waals surface area contributed by atoms with Crippen LogP contribution in [-0.2, 0) is 9.84 Å². The molecule has 0 amide bonds. The third-order valence-corrected chi connectivity index (χ3v) is 6.04. The number of methoxy groups -OCH3 is 1. The van der Waals surface area contributed by atoms with Gasteiger partial charge in [-0.15, -0.1) is 0 Å². The molecule has 0 atom stereocenters. The second kappa shape index (κ2) is 8.08. The van der Waals surface area contributed by atoms with Crippen LogP contribution in [0.1, 0.15) is 5.56 Å². The number of halogens is 1. The maximum Gasteiger partial charge on any atom is 0.231 e. The van der Waals surface area contributed by atoms with Gasteiger partial charge in [0.15, 0.2) is 15.7 Å². The van der Waals surface area contributed by atoms with Crippen molar-refractivity contribution in [1.29, 1.82) is 0 Å². The van der Waals surface area contributed by atoms with Crippen LogP contribution in [0.3, 0.4) is 0 Å². The summed E-state index contributed by atoms with van der Waals surface area (Å²) >= 11 is 0. The van der Waals surface area contributed by atoms with Crippen LogP contribution in [0.15, 0.2) is 47.5 Å². The molecular formula is C21H21FN6O3S. The molecule has 4 aromatic rings. The van der Waals surface area contributed by atoms with Crippen molar-refractivity contribution in [3.63, 3.8) is 0 Å². The summed E-state index contributed by atoms with van der Waals surface area (Å²) in [6, 6.07) is 9.40. The van der Waals surface area contributed by atoms with Crippen LogP contribution in [0.25, 0.3) is 10.9 Å². The molecule has 0 radical (unpaired) electrons. The molecular weight excluding hydrogens is 435 g/mol. The molecule has 0 saturated heterocycles. The summed E-state index contributed by atoms with van der Waals surface area (Å²) in [5.74, 6) is 1.23. The van der Waals surface area contributed by atoms with Crippen LogP contribution >= 0.6 is 0 Å².